The van der Waals surface area contributed by atoms with Crippen molar-refractivity contribution in [2.45, 2.75) is 12.6 Å². The van der Waals surface area contributed by atoms with Crippen LogP contribution < -0.4 is 10.9 Å². The highest BCUT2D eigenvalue weighted by atomic mass is 79.9. The van der Waals surface area contributed by atoms with Crippen molar-refractivity contribution in [3.63, 3.8) is 0 Å². The monoisotopic (exact) mass is 407 g/mol. The summed E-state index contributed by atoms with van der Waals surface area (Å²) in [7, 11) is 2.05. The molecule has 24 heavy (non-hydrogen) atoms. The lowest BCUT2D eigenvalue weighted by Crippen LogP contribution is -2.55. The van der Waals surface area contributed by atoms with E-state index in [0.717, 1.165) is 34.3 Å². The Bertz CT molecular complexity index is 814. The number of aromatic amines is 1. The zero-order chi connectivity index (χ0) is 17.1. The molecule has 0 bridgehead atoms. The van der Waals surface area contributed by atoms with Gasteiger partial charge in [-0.05, 0) is 36.4 Å². The predicted octanol–water partition coefficient (Wildman–Crippen LogP) is 3.36. The number of rotatable bonds is 5. The molecule has 0 amide bonds. The molecule has 2 aromatic rings. The van der Waals surface area contributed by atoms with E-state index in [1.54, 1.807) is 6.20 Å². The van der Waals surface area contributed by atoms with Gasteiger partial charge in [0.05, 0.1) is 0 Å². The van der Waals surface area contributed by atoms with Crippen LogP contribution in [-0.4, -0.2) is 36.1 Å². The minimum atomic E-state index is -0.0287. The van der Waals surface area contributed by atoms with Gasteiger partial charge in [0.1, 0.15) is 0 Å². The maximum absolute atomic E-state index is 12.1. The molecule has 0 atom stereocenters. The standard InChI is InChI=1S/C18H19BrClN3O/c1-23(16-9-21-10-16)11-14-6-12(8-22-18(14)24)2-3-13-4-5-15(20)7-17(13)19/h2-8,16,21H,9-11H2,1H3,(H,22,24)/b3-2+. The van der Waals surface area contributed by atoms with E-state index in [0.29, 0.717) is 17.6 Å². The maximum Gasteiger partial charge on any atom is 0.252 e. The number of nitrogens with zero attached hydrogens (tertiary/aromatic N) is 1. The van der Waals surface area contributed by atoms with Crippen LogP contribution in [0.2, 0.25) is 5.02 Å². The summed E-state index contributed by atoms with van der Waals surface area (Å²) in [5.41, 5.74) is 2.75. The van der Waals surface area contributed by atoms with Gasteiger partial charge in [-0.1, -0.05) is 45.7 Å². The molecule has 126 valence electrons. The number of hydrogen-bond donors (Lipinski definition) is 2. The van der Waals surface area contributed by atoms with Crippen molar-refractivity contribution in [3.8, 4) is 0 Å². The molecule has 0 spiro atoms. The lowest BCUT2D eigenvalue weighted by atomic mass is 10.1. The number of likely N-dealkylation sites (N-methyl/N-ethyl adjacent to an activating group) is 1. The highest BCUT2D eigenvalue weighted by molar-refractivity contribution is 9.10. The molecular weight excluding hydrogens is 390 g/mol. The van der Waals surface area contributed by atoms with Crippen LogP contribution in [0, 0.1) is 0 Å². The van der Waals surface area contributed by atoms with Gasteiger partial charge < -0.3 is 10.3 Å². The van der Waals surface area contributed by atoms with Crippen LogP contribution in [0.3, 0.4) is 0 Å². The molecule has 6 heteroatoms. The first-order valence-corrected chi connectivity index (χ1v) is 8.96. The summed E-state index contributed by atoms with van der Waals surface area (Å²) >= 11 is 9.46. The summed E-state index contributed by atoms with van der Waals surface area (Å²) in [6.07, 6.45) is 5.72. The SMILES string of the molecule is CN(Cc1cc(/C=C/c2ccc(Cl)cc2Br)c[nH]c1=O)C1CNC1. The van der Waals surface area contributed by atoms with Gasteiger partial charge in [0.2, 0.25) is 0 Å². The van der Waals surface area contributed by atoms with Crippen molar-refractivity contribution >= 4 is 39.7 Å². The summed E-state index contributed by atoms with van der Waals surface area (Å²) in [6.45, 7) is 2.62. The number of nitrogens with one attached hydrogen (secondary N) is 2. The lowest BCUT2D eigenvalue weighted by molar-refractivity contribution is 0.172. The van der Waals surface area contributed by atoms with Gasteiger partial charge in [0.25, 0.3) is 5.56 Å². The second-order valence-corrected chi connectivity index (χ2v) is 7.30. The Kier molecular flexibility index (Phi) is 5.56. The van der Waals surface area contributed by atoms with E-state index in [9.17, 15) is 4.79 Å². The maximum atomic E-state index is 12.1. The zero-order valence-corrected chi connectivity index (χ0v) is 15.7. The van der Waals surface area contributed by atoms with Crippen LogP contribution >= 0.6 is 27.5 Å². The second-order valence-electron chi connectivity index (χ2n) is 6.01. The Morgan fingerprint density at radius 3 is 2.79 bits per heavy atom. The number of hydrogen-bond acceptors (Lipinski definition) is 3. The summed E-state index contributed by atoms with van der Waals surface area (Å²) in [6, 6.07) is 8.12. The van der Waals surface area contributed by atoms with Gasteiger partial charge in [-0.2, -0.15) is 0 Å². The minimum Gasteiger partial charge on any atom is -0.328 e. The third-order valence-electron chi connectivity index (χ3n) is 4.22. The van der Waals surface area contributed by atoms with E-state index in [1.807, 2.05) is 36.4 Å². The lowest BCUT2D eigenvalue weighted by Gasteiger charge is -2.35. The molecule has 1 aromatic carbocycles. The molecule has 0 saturated carbocycles. The number of halogens is 2. The van der Waals surface area contributed by atoms with Crippen LogP contribution in [0.5, 0.6) is 0 Å². The fourth-order valence-electron chi connectivity index (χ4n) is 2.57. The van der Waals surface area contributed by atoms with Crippen LogP contribution in [0.1, 0.15) is 16.7 Å². The molecule has 1 fully saturated rings. The van der Waals surface area contributed by atoms with Gasteiger partial charge in [-0.15, -0.1) is 0 Å². The van der Waals surface area contributed by atoms with E-state index in [2.05, 4.69) is 38.2 Å². The summed E-state index contributed by atoms with van der Waals surface area (Å²) in [5.74, 6) is 0. The predicted molar refractivity (Wildman–Crippen MR) is 103 cm³/mol. The molecule has 1 aromatic heterocycles. The van der Waals surface area contributed by atoms with Gasteiger partial charge in [0.15, 0.2) is 0 Å². The second kappa shape index (κ2) is 7.66. The first-order chi connectivity index (χ1) is 11.5. The summed E-state index contributed by atoms with van der Waals surface area (Å²) < 4.78 is 0.938. The van der Waals surface area contributed by atoms with Crippen LogP contribution in [0.15, 0.2) is 39.7 Å². The van der Waals surface area contributed by atoms with Gasteiger partial charge in [-0.25, -0.2) is 0 Å². The Morgan fingerprint density at radius 2 is 2.12 bits per heavy atom. The average Bonchev–Trinajstić information content (AvgIpc) is 2.47. The number of pyridine rings is 1. The zero-order valence-electron chi connectivity index (χ0n) is 13.4. The number of benzene rings is 1. The van der Waals surface area contributed by atoms with Gasteiger partial charge in [0, 0.05) is 46.9 Å². The Labute approximate surface area is 154 Å². The normalized spacial score (nSPS) is 15.2. The molecule has 0 aliphatic carbocycles. The van der Waals surface area contributed by atoms with E-state index >= 15 is 0 Å². The fraction of sp³-hybridized carbons (Fsp3) is 0.278. The molecule has 2 heterocycles. The van der Waals surface area contributed by atoms with Crippen molar-refractivity contribution < 1.29 is 0 Å². The highest BCUT2D eigenvalue weighted by Gasteiger charge is 2.21. The van der Waals surface area contributed by atoms with Crippen LogP contribution in [-0.2, 0) is 6.54 Å². The molecule has 1 saturated heterocycles. The van der Waals surface area contributed by atoms with Crippen LogP contribution in [0.4, 0.5) is 0 Å². The van der Waals surface area contributed by atoms with E-state index in [4.69, 9.17) is 11.6 Å². The molecule has 0 unspecified atom stereocenters. The molecule has 1 aliphatic rings. The van der Waals surface area contributed by atoms with Crippen molar-refractivity contribution in [1.82, 2.24) is 15.2 Å². The first-order valence-electron chi connectivity index (χ1n) is 7.78. The minimum absolute atomic E-state index is 0.0287. The summed E-state index contributed by atoms with van der Waals surface area (Å²) in [5, 5.41) is 3.94. The van der Waals surface area contributed by atoms with Crippen molar-refractivity contribution in [1.29, 1.82) is 0 Å². The largest absolute Gasteiger partial charge is 0.328 e. The number of H-pyrrole nitrogens is 1. The third-order valence-corrected chi connectivity index (χ3v) is 5.15. The van der Waals surface area contributed by atoms with Crippen LogP contribution in [0.25, 0.3) is 12.2 Å². The Balaban J connectivity index is 1.77. The quantitative estimate of drug-likeness (QED) is 0.797. The van der Waals surface area contributed by atoms with E-state index in [1.165, 1.54) is 0 Å². The highest BCUT2D eigenvalue weighted by Crippen LogP contribution is 2.23. The first kappa shape index (κ1) is 17.4. The molecule has 4 nitrogen and oxygen atoms in total. The Hall–Kier alpha value is -1.40. The summed E-state index contributed by atoms with van der Waals surface area (Å²) in [4.78, 5) is 17.1. The van der Waals surface area contributed by atoms with Gasteiger partial charge in [-0.3, -0.25) is 9.69 Å². The third kappa shape index (κ3) is 4.16. The van der Waals surface area contributed by atoms with Crippen molar-refractivity contribution in [2.24, 2.45) is 0 Å². The molecule has 2 N–H and O–H groups in total. The molecule has 3 rings (SSSR count). The van der Waals surface area contributed by atoms with Gasteiger partial charge >= 0.3 is 0 Å². The fourth-order valence-corrected chi connectivity index (χ4v) is 3.38. The molecular formula is C18H19BrClN3O. The topological polar surface area (TPSA) is 48.1 Å². The van der Waals surface area contributed by atoms with E-state index < -0.39 is 0 Å². The van der Waals surface area contributed by atoms with E-state index in [-0.39, 0.29) is 5.56 Å². The molecule has 1 aliphatic heterocycles. The van der Waals surface area contributed by atoms with Crippen molar-refractivity contribution in [3.05, 3.63) is 67.0 Å². The smallest absolute Gasteiger partial charge is 0.252 e. The Morgan fingerprint density at radius 1 is 1.33 bits per heavy atom. The van der Waals surface area contributed by atoms with Crippen molar-refractivity contribution in [2.75, 3.05) is 20.1 Å². The molecule has 0 radical (unpaired) electrons. The average molecular weight is 409 g/mol. The number of aromatic nitrogens is 1.